The molecule has 0 saturated carbocycles. The van der Waals surface area contributed by atoms with E-state index in [4.69, 9.17) is 9.98 Å². The monoisotopic (exact) mass is 571 g/mol. The lowest BCUT2D eigenvalue weighted by molar-refractivity contribution is 0.216. The zero-order valence-corrected chi connectivity index (χ0v) is 22.9. The molecule has 7 nitrogen and oxygen atoms in total. The summed E-state index contributed by atoms with van der Waals surface area (Å²) in [5.74, 6) is 1.10. The first kappa shape index (κ1) is 27.6. The Morgan fingerprint density at radius 2 is 2.00 bits per heavy atom. The third-order valence-electron chi connectivity index (χ3n) is 4.97. The second-order valence-electron chi connectivity index (χ2n) is 8.78. The van der Waals surface area contributed by atoms with Gasteiger partial charge in [-0.2, -0.15) is 0 Å². The first-order valence-corrected chi connectivity index (χ1v) is 13.4. The van der Waals surface area contributed by atoms with Crippen LogP contribution >= 0.6 is 35.3 Å². The van der Waals surface area contributed by atoms with E-state index in [1.54, 1.807) is 11.3 Å². The Hall–Kier alpha value is -0.460. The van der Waals surface area contributed by atoms with Crippen molar-refractivity contribution in [2.75, 3.05) is 44.7 Å². The molecule has 1 aromatic rings. The normalized spacial score (nSPS) is 16.9. The Labute approximate surface area is 203 Å². The quantitative estimate of drug-likeness (QED) is 0.284. The van der Waals surface area contributed by atoms with Crippen LogP contribution in [-0.2, 0) is 21.7 Å². The van der Waals surface area contributed by atoms with Crippen LogP contribution in [0.15, 0.2) is 10.4 Å². The maximum Gasteiger partial charge on any atom is 0.191 e. The molecule has 0 aliphatic carbocycles. The Morgan fingerprint density at radius 1 is 1.33 bits per heavy atom. The smallest absolute Gasteiger partial charge is 0.191 e. The van der Waals surface area contributed by atoms with Crippen molar-refractivity contribution < 1.29 is 8.42 Å². The zero-order valence-electron chi connectivity index (χ0n) is 18.9. The van der Waals surface area contributed by atoms with Crippen molar-refractivity contribution in [3.8, 4) is 0 Å². The molecule has 0 unspecified atom stereocenters. The summed E-state index contributed by atoms with van der Waals surface area (Å²) in [5, 5.41) is 10.2. The van der Waals surface area contributed by atoms with Gasteiger partial charge in [0.25, 0.3) is 0 Å². The summed E-state index contributed by atoms with van der Waals surface area (Å²) in [7, 11) is -2.89. The summed E-state index contributed by atoms with van der Waals surface area (Å²) < 4.78 is 22.7. The topological polar surface area (TPSA) is 86.7 Å². The van der Waals surface area contributed by atoms with E-state index in [2.05, 4.69) is 48.6 Å². The van der Waals surface area contributed by atoms with E-state index < -0.39 is 9.84 Å². The van der Waals surface area contributed by atoms with Crippen LogP contribution in [0.5, 0.6) is 0 Å². The Kier molecular flexibility index (Phi) is 11.5. The molecule has 2 heterocycles. The predicted octanol–water partition coefficient (Wildman–Crippen LogP) is 2.67. The van der Waals surface area contributed by atoms with Crippen LogP contribution in [-0.4, -0.2) is 75.0 Å². The fourth-order valence-electron chi connectivity index (χ4n) is 3.14. The molecule has 30 heavy (non-hydrogen) atoms. The SMILES string of the molecule is CCNC(=NCCc1nc(C(C)(C)C)cs1)NC1CCN(CCS(C)(=O)=O)CC1.I. The molecule has 1 aromatic heterocycles. The van der Waals surface area contributed by atoms with Crippen LogP contribution < -0.4 is 10.6 Å². The van der Waals surface area contributed by atoms with Gasteiger partial charge in [-0.1, -0.05) is 20.8 Å². The third-order valence-corrected chi connectivity index (χ3v) is 6.80. The molecule has 0 atom stereocenters. The second kappa shape index (κ2) is 12.5. The largest absolute Gasteiger partial charge is 0.357 e. The lowest BCUT2D eigenvalue weighted by Crippen LogP contribution is -2.49. The van der Waals surface area contributed by atoms with Gasteiger partial charge in [0.15, 0.2) is 5.96 Å². The summed E-state index contributed by atoms with van der Waals surface area (Å²) in [6, 6.07) is 0.370. The van der Waals surface area contributed by atoms with Gasteiger partial charge in [-0.05, 0) is 19.8 Å². The van der Waals surface area contributed by atoms with Crippen molar-refractivity contribution in [3.63, 3.8) is 0 Å². The predicted molar refractivity (Wildman–Crippen MR) is 138 cm³/mol. The summed E-state index contributed by atoms with van der Waals surface area (Å²) in [4.78, 5) is 11.7. The molecule has 174 valence electrons. The van der Waals surface area contributed by atoms with Crippen LogP contribution in [0.2, 0.25) is 0 Å². The standard InChI is InChI=1S/C20H37N5O2S2.HI/c1-6-21-19(22-10-7-18-24-17(15-28-18)20(2,3)4)23-16-8-11-25(12-9-16)13-14-29(5,26)27;/h15-16H,6-14H2,1-5H3,(H2,21,22,23);1H. The molecule has 0 aromatic carbocycles. The van der Waals surface area contributed by atoms with E-state index in [1.165, 1.54) is 6.26 Å². The minimum Gasteiger partial charge on any atom is -0.357 e. The number of aromatic nitrogens is 1. The van der Waals surface area contributed by atoms with Crippen molar-refractivity contribution >= 4 is 51.1 Å². The van der Waals surface area contributed by atoms with E-state index in [-0.39, 0.29) is 35.1 Å². The molecule has 1 fully saturated rings. The number of aliphatic imine (C=N–C) groups is 1. The molecule has 0 bridgehead atoms. The summed E-state index contributed by atoms with van der Waals surface area (Å²) in [6.45, 7) is 12.6. The van der Waals surface area contributed by atoms with Gasteiger partial charge in [-0.15, -0.1) is 35.3 Å². The lowest BCUT2D eigenvalue weighted by atomic mass is 9.93. The fourth-order valence-corrected chi connectivity index (χ4v) is 4.75. The van der Waals surface area contributed by atoms with Gasteiger partial charge in [-0.3, -0.25) is 4.99 Å². The molecular weight excluding hydrogens is 533 g/mol. The molecule has 0 spiro atoms. The van der Waals surface area contributed by atoms with Gasteiger partial charge in [-0.25, -0.2) is 13.4 Å². The van der Waals surface area contributed by atoms with Crippen LogP contribution in [0.25, 0.3) is 0 Å². The van der Waals surface area contributed by atoms with Gasteiger partial charge < -0.3 is 15.5 Å². The Bertz CT molecular complexity index is 766. The number of guanidine groups is 1. The molecule has 0 radical (unpaired) electrons. The maximum atomic E-state index is 11.3. The highest BCUT2D eigenvalue weighted by atomic mass is 127. The number of thiazole rings is 1. The van der Waals surface area contributed by atoms with Crippen molar-refractivity contribution in [2.24, 2.45) is 4.99 Å². The Balaban J connectivity index is 0.00000450. The number of likely N-dealkylation sites (tertiary alicyclic amines) is 1. The van der Waals surface area contributed by atoms with Crippen LogP contribution in [0, 0.1) is 0 Å². The van der Waals surface area contributed by atoms with E-state index in [0.29, 0.717) is 19.1 Å². The number of hydrogen-bond acceptors (Lipinski definition) is 6. The molecular formula is C20H38IN5O2S2. The summed E-state index contributed by atoms with van der Waals surface area (Å²) in [5.41, 5.74) is 1.24. The molecule has 1 aliphatic heterocycles. The summed E-state index contributed by atoms with van der Waals surface area (Å²) >= 11 is 1.71. The number of halogens is 1. The van der Waals surface area contributed by atoms with Gasteiger partial charge in [0, 0.05) is 62.2 Å². The molecule has 1 saturated heterocycles. The lowest BCUT2D eigenvalue weighted by Gasteiger charge is -2.32. The average Bonchev–Trinajstić information content (AvgIpc) is 3.10. The molecule has 2 N–H and O–H groups in total. The van der Waals surface area contributed by atoms with Crippen LogP contribution in [0.1, 0.15) is 51.2 Å². The molecule has 2 rings (SSSR count). The zero-order chi connectivity index (χ0) is 21.5. The van der Waals surface area contributed by atoms with Gasteiger partial charge in [0.2, 0.25) is 0 Å². The highest BCUT2D eigenvalue weighted by Gasteiger charge is 2.21. The van der Waals surface area contributed by atoms with E-state index in [0.717, 1.165) is 55.6 Å². The van der Waals surface area contributed by atoms with E-state index in [9.17, 15) is 8.42 Å². The van der Waals surface area contributed by atoms with Gasteiger partial charge in [0.1, 0.15) is 9.84 Å². The molecule has 0 amide bonds. The first-order chi connectivity index (χ1) is 13.6. The average molecular weight is 572 g/mol. The number of nitrogens with one attached hydrogen (secondary N) is 2. The second-order valence-corrected chi connectivity index (χ2v) is 12.0. The fraction of sp³-hybridized carbons (Fsp3) is 0.800. The number of hydrogen-bond donors (Lipinski definition) is 2. The number of nitrogens with zero attached hydrogens (tertiary/aromatic N) is 3. The number of piperidine rings is 1. The summed E-state index contributed by atoms with van der Waals surface area (Å²) in [6.07, 6.45) is 4.14. The molecule has 1 aliphatic rings. The highest BCUT2D eigenvalue weighted by Crippen LogP contribution is 2.24. The van der Waals surface area contributed by atoms with Crippen molar-refractivity contribution in [1.82, 2.24) is 20.5 Å². The van der Waals surface area contributed by atoms with Gasteiger partial charge in [0.05, 0.1) is 16.5 Å². The van der Waals surface area contributed by atoms with Crippen molar-refractivity contribution in [2.45, 2.75) is 58.4 Å². The number of sulfone groups is 1. The minimum absolute atomic E-state index is 0. The first-order valence-electron chi connectivity index (χ1n) is 10.5. The van der Waals surface area contributed by atoms with E-state index in [1.807, 2.05) is 0 Å². The van der Waals surface area contributed by atoms with Crippen molar-refractivity contribution in [3.05, 3.63) is 16.1 Å². The third kappa shape index (κ3) is 10.2. The molecule has 10 heteroatoms. The van der Waals surface area contributed by atoms with Crippen molar-refractivity contribution in [1.29, 1.82) is 0 Å². The Morgan fingerprint density at radius 3 is 2.53 bits per heavy atom. The number of rotatable bonds is 8. The minimum atomic E-state index is -2.89. The van der Waals surface area contributed by atoms with Crippen LogP contribution in [0.3, 0.4) is 0 Å². The van der Waals surface area contributed by atoms with Crippen LogP contribution in [0.4, 0.5) is 0 Å². The highest BCUT2D eigenvalue weighted by molar-refractivity contribution is 14.0. The van der Waals surface area contributed by atoms with E-state index >= 15 is 0 Å². The van der Waals surface area contributed by atoms with Gasteiger partial charge >= 0.3 is 0 Å². The maximum absolute atomic E-state index is 11.3.